The largest absolute Gasteiger partial charge is 0.453 e. The molecular formula is C44H58N8O6. The third-order valence-corrected chi connectivity index (χ3v) is 11.8. The maximum absolute atomic E-state index is 13.9. The lowest BCUT2D eigenvalue weighted by Gasteiger charge is -2.34. The first-order valence-corrected chi connectivity index (χ1v) is 20.5. The molecule has 6 atom stereocenters. The number of methoxy groups -OCH3 is 2. The summed E-state index contributed by atoms with van der Waals surface area (Å²) >= 11 is 0. The Hall–Kier alpha value is -5.66. The van der Waals surface area contributed by atoms with Gasteiger partial charge < -0.3 is 39.9 Å². The zero-order valence-corrected chi connectivity index (χ0v) is 34.9. The second-order valence-corrected chi connectivity index (χ2v) is 16.0. The summed E-state index contributed by atoms with van der Waals surface area (Å²) in [5, 5.41) is 5.48. The van der Waals surface area contributed by atoms with Crippen LogP contribution in [0.5, 0.6) is 0 Å². The van der Waals surface area contributed by atoms with E-state index in [-0.39, 0.29) is 47.8 Å². The normalized spacial score (nSPS) is 20.3. The van der Waals surface area contributed by atoms with Gasteiger partial charge in [0, 0.05) is 12.1 Å². The molecule has 2 aromatic carbocycles. The zero-order valence-electron chi connectivity index (χ0n) is 34.9. The number of amides is 4. The van der Waals surface area contributed by atoms with E-state index in [4.69, 9.17) is 19.4 Å². The van der Waals surface area contributed by atoms with E-state index >= 15 is 0 Å². The molecule has 0 spiro atoms. The number of benzene rings is 2. The van der Waals surface area contributed by atoms with Crippen molar-refractivity contribution in [1.29, 1.82) is 0 Å². The molecule has 2 aromatic heterocycles. The highest BCUT2D eigenvalue weighted by Crippen LogP contribution is 2.40. The highest BCUT2D eigenvalue weighted by molar-refractivity contribution is 5.87. The number of nitrogens with zero attached hydrogens (tertiary/aromatic N) is 4. The number of carbonyl (C=O) groups is 4. The Morgan fingerprint density at radius 2 is 0.966 bits per heavy atom. The van der Waals surface area contributed by atoms with Crippen molar-refractivity contribution in [2.75, 3.05) is 14.2 Å². The molecule has 0 bridgehead atoms. The number of carbonyl (C=O) groups excluding carboxylic acids is 4. The molecule has 2 aliphatic heterocycles. The van der Waals surface area contributed by atoms with Crippen LogP contribution in [0.25, 0.3) is 33.6 Å². The zero-order chi connectivity index (χ0) is 41.7. The molecule has 14 heteroatoms. The van der Waals surface area contributed by atoms with Gasteiger partial charge in [-0.1, -0.05) is 90.1 Å². The average molecular weight is 795 g/mol. The Labute approximate surface area is 340 Å². The van der Waals surface area contributed by atoms with Gasteiger partial charge in [0.15, 0.2) is 0 Å². The molecule has 4 aromatic rings. The molecule has 2 fully saturated rings. The molecule has 4 N–H and O–H groups in total. The first-order valence-electron chi connectivity index (χ1n) is 20.5. The van der Waals surface area contributed by atoms with Crippen LogP contribution in [0.1, 0.15) is 104 Å². The van der Waals surface area contributed by atoms with Gasteiger partial charge >= 0.3 is 12.2 Å². The highest BCUT2D eigenvalue weighted by Gasteiger charge is 2.43. The molecule has 2 saturated heterocycles. The molecular weight excluding hydrogens is 737 g/mol. The molecule has 310 valence electrons. The molecule has 0 aliphatic carbocycles. The van der Waals surface area contributed by atoms with Crippen molar-refractivity contribution in [3.8, 4) is 33.6 Å². The molecule has 0 saturated carbocycles. The molecule has 4 amide bonds. The average Bonchev–Trinajstić information content (AvgIpc) is 4.07. The first-order chi connectivity index (χ1) is 27.9. The Balaban J connectivity index is 1.14. The van der Waals surface area contributed by atoms with Gasteiger partial charge in [0.1, 0.15) is 23.7 Å². The first kappa shape index (κ1) is 42.0. The summed E-state index contributed by atoms with van der Waals surface area (Å²) in [6.07, 6.45) is 7.28. The number of H-pyrrole nitrogens is 2. The summed E-state index contributed by atoms with van der Waals surface area (Å²) < 4.78 is 9.62. The van der Waals surface area contributed by atoms with E-state index in [2.05, 4.69) is 83.0 Å². The van der Waals surface area contributed by atoms with Gasteiger partial charge in [-0.25, -0.2) is 19.6 Å². The summed E-state index contributed by atoms with van der Waals surface area (Å²) in [6, 6.07) is 14.8. The van der Waals surface area contributed by atoms with Crippen LogP contribution in [-0.4, -0.2) is 92.1 Å². The SMILES string of the molecule is CC[C@H]1CC[C@@H](c2ncc(-c3ccc(-c4ccc(-c5cnc([C@@H]6CC[C@H](CC)N6C(=O)[C@@H](NC(=O)OC)C(C)C)[nH]5)cc4)cc3)[nH]2)N1C(=O)C(NC(=O)OC)C(C)C. The lowest BCUT2D eigenvalue weighted by atomic mass is 10.0. The third-order valence-electron chi connectivity index (χ3n) is 11.8. The van der Waals surface area contributed by atoms with Crippen LogP contribution < -0.4 is 10.6 Å². The van der Waals surface area contributed by atoms with Gasteiger partial charge in [-0.15, -0.1) is 0 Å². The minimum atomic E-state index is -0.703. The van der Waals surface area contributed by atoms with Crippen molar-refractivity contribution in [3.05, 3.63) is 72.6 Å². The summed E-state index contributed by atoms with van der Waals surface area (Å²) in [6.45, 7) is 11.8. The molecule has 14 nitrogen and oxygen atoms in total. The van der Waals surface area contributed by atoms with E-state index in [1.807, 2.05) is 49.9 Å². The quantitative estimate of drug-likeness (QED) is 0.106. The lowest BCUT2D eigenvalue weighted by molar-refractivity contribution is -0.138. The van der Waals surface area contributed by atoms with Crippen LogP contribution in [0, 0.1) is 11.8 Å². The fourth-order valence-electron chi connectivity index (χ4n) is 8.48. The Kier molecular flexibility index (Phi) is 13.2. The number of aromatic amines is 2. The third kappa shape index (κ3) is 8.75. The molecule has 6 rings (SSSR count). The number of alkyl carbamates (subject to hydrolysis) is 2. The van der Waals surface area contributed by atoms with Crippen LogP contribution in [0.15, 0.2) is 60.9 Å². The molecule has 1 unspecified atom stereocenters. The number of rotatable bonds is 13. The smallest absolute Gasteiger partial charge is 0.407 e. The van der Waals surface area contributed by atoms with Crippen LogP contribution in [0.4, 0.5) is 9.59 Å². The van der Waals surface area contributed by atoms with Crippen LogP contribution in [0.2, 0.25) is 0 Å². The Morgan fingerprint density at radius 3 is 1.28 bits per heavy atom. The predicted octanol–water partition coefficient (Wildman–Crippen LogP) is 7.78. The fourth-order valence-corrected chi connectivity index (χ4v) is 8.48. The fraction of sp³-hybridized carbons (Fsp3) is 0.500. The van der Waals surface area contributed by atoms with Crippen molar-refractivity contribution in [2.24, 2.45) is 11.8 Å². The Bertz CT molecular complexity index is 1890. The van der Waals surface area contributed by atoms with Crippen molar-refractivity contribution in [3.63, 3.8) is 0 Å². The lowest BCUT2D eigenvalue weighted by Crippen LogP contribution is -2.53. The number of ether oxygens (including phenoxy) is 2. The number of hydrogen-bond donors (Lipinski definition) is 4. The minimum absolute atomic E-state index is 0.0514. The van der Waals surface area contributed by atoms with Crippen LogP contribution in [0.3, 0.4) is 0 Å². The van der Waals surface area contributed by atoms with Crippen molar-refractivity contribution < 1.29 is 28.7 Å². The second kappa shape index (κ2) is 18.3. The standard InChI is InChI=1S/C44H58N8O6/c1-9-31-19-21-35(51(31)41(53)37(25(3)4)49-43(55)57-7)39-45-23-33(47-39)29-15-11-27(12-16-29)28-13-17-30(18-14-28)34-24-46-40(48-34)36-22-20-32(10-2)52(36)42(54)38(26(5)6)50-44(56)58-8/h11-18,23-26,31-32,35-38H,9-10,19-22H2,1-8H3,(H,45,47)(H,46,48)(H,49,55)(H,50,56)/t31-,32-,35-,36-,37-,38?/m0/s1. The number of likely N-dealkylation sites (tertiary alicyclic amines) is 2. The monoisotopic (exact) mass is 794 g/mol. The summed E-state index contributed by atoms with van der Waals surface area (Å²) in [5.41, 5.74) is 5.79. The number of aromatic nitrogens is 4. The maximum Gasteiger partial charge on any atom is 0.407 e. The maximum atomic E-state index is 13.9. The van der Waals surface area contributed by atoms with Gasteiger partial charge in [-0.2, -0.15) is 0 Å². The van der Waals surface area contributed by atoms with Gasteiger partial charge in [-0.3, -0.25) is 9.59 Å². The molecule has 0 radical (unpaired) electrons. The van der Waals surface area contributed by atoms with E-state index < -0.39 is 24.3 Å². The van der Waals surface area contributed by atoms with Gasteiger partial charge in [0.25, 0.3) is 0 Å². The summed E-state index contributed by atoms with van der Waals surface area (Å²) in [4.78, 5) is 72.3. The van der Waals surface area contributed by atoms with E-state index in [1.165, 1.54) is 14.2 Å². The van der Waals surface area contributed by atoms with Gasteiger partial charge in [0.2, 0.25) is 11.8 Å². The predicted molar refractivity (Wildman–Crippen MR) is 221 cm³/mol. The van der Waals surface area contributed by atoms with E-state index in [9.17, 15) is 19.2 Å². The minimum Gasteiger partial charge on any atom is -0.453 e. The number of hydrogen-bond acceptors (Lipinski definition) is 8. The molecule has 58 heavy (non-hydrogen) atoms. The second-order valence-electron chi connectivity index (χ2n) is 16.0. The summed E-state index contributed by atoms with van der Waals surface area (Å²) in [5.74, 6) is 0.977. The van der Waals surface area contributed by atoms with E-state index in [0.29, 0.717) is 0 Å². The van der Waals surface area contributed by atoms with Crippen molar-refractivity contribution in [2.45, 2.75) is 116 Å². The van der Waals surface area contributed by atoms with Gasteiger partial charge in [0.05, 0.1) is 50.1 Å². The van der Waals surface area contributed by atoms with E-state index in [1.54, 1.807) is 0 Å². The van der Waals surface area contributed by atoms with Crippen LogP contribution in [-0.2, 0) is 19.1 Å². The van der Waals surface area contributed by atoms with Crippen molar-refractivity contribution in [1.82, 2.24) is 40.4 Å². The van der Waals surface area contributed by atoms with Gasteiger partial charge in [-0.05, 0) is 72.6 Å². The number of imidazole rings is 2. The van der Waals surface area contributed by atoms with E-state index in [0.717, 1.165) is 83.8 Å². The van der Waals surface area contributed by atoms with Crippen LogP contribution >= 0.6 is 0 Å². The van der Waals surface area contributed by atoms with Crippen molar-refractivity contribution >= 4 is 24.0 Å². The summed E-state index contributed by atoms with van der Waals surface area (Å²) in [7, 11) is 2.60. The highest BCUT2D eigenvalue weighted by atomic mass is 16.5. The number of nitrogens with one attached hydrogen (secondary N) is 4. The molecule has 4 heterocycles. The topological polar surface area (TPSA) is 175 Å². The Morgan fingerprint density at radius 1 is 0.621 bits per heavy atom. The molecule has 2 aliphatic rings.